The number of amides is 1. The second kappa shape index (κ2) is 7.88. The maximum absolute atomic E-state index is 12.5. The van der Waals surface area contributed by atoms with Gasteiger partial charge >= 0.3 is 0 Å². The molecule has 2 saturated heterocycles. The van der Waals surface area contributed by atoms with Gasteiger partial charge < -0.3 is 10.1 Å². The monoisotopic (exact) mass is 321 g/mol. The highest BCUT2D eigenvalue weighted by atomic mass is 16.5. The Labute approximate surface area is 137 Å². The summed E-state index contributed by atoms with van der Waals surface area (Å²) in [6.45, 7) is 5.22. The zero-order chi connectivity index (χ0) is 16.1. The SMILES string of the molecule is CC(C(=O)NCC1CCCO1)N1CCCCC1Cn1cncn1. The van der Waals surface area contributed by atoms with Crippen molar-refractivity contribution >= 4 is 5.91 Å². The summed E-state index contributed by atoms with van der Waals surface area (Å²) < 4.78 is 7.43. The quantitative estimate of drug-likeness (QED) is 0.840. The van der Waals surface area contributed by atoms with E-state index in [-0.39, 0.29) is 18.1 Å². The first-order chi connectivity index (χ1) is 11.2. The molecular weight excluding hydrogens is 294 g/mol. The molecule has 0 aliphatic carbocycles. The third-order valence-corrected chi connectivity index (χ3v) is 4.94. The van der Waals surface area contributed by atoms with E-state index in [0.717, 1.165) is 45.4 Å². The number of piperidine rings is 1. The summed E-state index contributed by atoms with van der Waals surface area (Å²) in [6, 6.07) is 0.221. The number of carbonyl (C=O) groups excluding carboxylic acids is 1. The number of rotatable bonds is 6. The molecule has 128 valence electrons. The Morgan fingerprint density at radius 3 is 3.04 bits per heavy atom. The molecule has 23 heavy (non-hydrogen) atoms. The minimum atomic E-state index is -0.120. The third kappa shape index (κ3) is 4.29. The van der Waals surface area contributed by atoms with Gasteiger partial charge in [-0.15, -0.1) is 0 Å². The van der Waals surface area contributed by atoms with Gasteiger partial charge in [0.15, 0.2) is 0 Å². The molecule has 7 nitrogen and oxygen atoms in total. The number of hydrogen-bond acceptors (Lipinski definition) is 5. The van der Waals surface area contributed by atoms with E-state index >= 15 is 0 Å². The Hall–Kier alpha value is -1.47. The van der Waals surface area contributed by atoms with Crippen molar-refractivity contribution in [3.63, 3.8) is 0 Å². The second-order valence-electron chi connectivity index (χ2n) is 6.56. The van der Waals surface area contributed by atoms with Crippen LogP contribution in [0.25, 0.3) is 0 Å². The Kier molecular flexibility index (Phi) is 5.61. The zero-order valence-electron chi connectivity index (χ0n) is 13.9. The number of nitrogens with one attached hydrogen (secondary N) is 1. The number of aromatic nitrogens is 3. The molecule has 0 spiro atoms. The Morgan fingerprint density at radius 2 is 2.30 bits per heavy atom. The number of ether oxygens (including phenoxy) is 1. The lowest BCUT2D eigenvalue weighted by molar-refractivity contribution is -0.128. The average Bonchev–Trinajstić information content (AvgIpc) is 3.26. The van der Waals surface area contributed by atoms with Crippen LogP contribution in [-0.2, 0) is 16.1 Å². The van der Waals surface area contributed by atoms with Crippen molar-refractivity contribution < 1.29 is 9.53 Å². The molecule has 0 aromatic carbocycles. The smallest absolute Gasteiger partial charge is 0.237 e. The summed E-state index contributed by atoms with van der Waals surface area (Å²) >= 11 is 0. The maximum Gasteiger partial charge on any atom is 0.237 e. The van der Waals surface area contributed by atoms with Crippen LogP contribution in [0.4, 0.5) is 0 Å². The van der Waals surface area contributed by atoms with E-state index in [2.05, 4.69) is 20.3 Å². The predicted octanol–water partition coefficient (Wildman–Crippen LogP) is 0.816. The number of likely N-dealkylation sites (tertiary alicyclic amines) is 1. The van der Waals surface area contributed by atoms with Crippen LogP contribution >= 0.6 is 0 Å². The molecule has 2 aliphatic heterocycles. The molecule has 1 aromatic rings. The van der Waals surface area contributed by atoms with Crippen LogP contribution in [0.1, 0.15) is 39.0 Å². The first kappa shape index (κ1) is 16.4. The lowest BCUT2D eigenvalue weighted by Gasteiger charge is -2.39. The van der Waals surface area contributed by atoms with Gasteiger partial charge in [0, 0.05) is 19.2 Å². The molecule has 0 saturated carbocycles. The van der Waals surface area contributed by atoms with E-state index in [1.807, 2.05) is 11.6 Å². The molecule has 7 heteroatoms. The van der Waals surface area contributed by atoms with E-state index in [4.69, 9.17) is 4.74 Å². The van der Waals surface area contributed by atoms with Crippen LogP contribution in [0.2, 0.25) is 0 Å². The molecule has 0 bridgehead atoms. The van der Waals surface area contributed by atoms with Gasteiger partial charge in [-0.05, 0) is 39.2 Å². The van der Waals surface area contributed by atoms with Crippen molar-refractivity contribution in [2.75, 3.05) is 19.7 Å². The highest BCUT2D eigenvalue weighted by Crippen LogP contribution is 2.21. The first-order valence-electron chi connectivity index (χ1n) is 8.71. The first-order valence-corrected chi connectivity index (χ1v) is 8.71. The van der Waals surface area contributed by atoms with Crippen molar-refractivity contribution in [2.45, 2.75) is 63.8 Å². The largest absolute Gasteiger partial charge is 0.376 e. The lowest BCUT2D eigenvalue weighted by Crippen LogP contribution is -2.53. The van der Waals surface area contributed by atoms with Gasteiger partial charge in [-0.3, -0.25) is 14.4 Å². The van der Waals surface area contributed by atoms with Crippen LogP contribution in [0.3, 0.4) is 0 Å². The number of hydrogen-bond donors (Lipinski definition) is 1. The van der Waals surface area contributed by atoms with Crippen LogP contribution in [0, 0.1) is 0 Å². The van der Waals surface area contributed by atoms with Gasteiger partial charge in [-0.1, -0.05) is 6.42 Å². The zero-order valence-corrected chi connectivity index (χ0v) is 13.9. The Balaban J connectivity index is 1.54. The maximum atomic E-state index is 12.5. The minimum Gasteiger partial charge on any atom is -0.376 e. The van der Waals surface area contributed by atoms with Crippen molar-refractivity contribution in [1.29, 1.82) is 0 Å². The van der Waals surface area contributed by atoms with Crippen LogP contribution in [0.5, 0.6) is 0 Å². The van der Waals surface area contributed by atoms with E-state index < -0.39 is 0 Å². The van der Waals surface area contributed by atoms with E-state index in [9.17, 15) is 4.79 Å². The Morgan fingerprint density at radius 1 is 1.39 bits per heavy atom. The summed E-state index contributed by atoms with van der Waals surface area (Å²) in [4.78, 5) is 18.8. The van der Waals surface area contributed by atoms with Gasteiger partial charge in [0.2, 0.25) is 5.91 Å². The van der Waals surface area contributed by atoms with Gasteiger partial charge in [0.1, 0.15) is 12.7 Å². The highest BCUT2D eigenvalue weighted by molar-refractivity contribution is 5.81. The molecule has 2 aliphatic rings. The second-order valence-corrected chi connectivity index (χ2v) is 6.56. The summed E-state index contributed by atoms with van der Waals surface area (Å²) in [5, 5.41) is 7.26. The fraction of sp³-hybridized carbons (Fsp3) is 0.812. The number of nitrogens with zero attached hydrogens (tertiary/aromatic N) is 4. The molecule has 1 amide bonds. The molecule has 1 N–H and O–H groups in total. The topological polar surface area (TPSA) is 72.3 Å². The third-order valence-electron chi connectivity index (χ3n) is 4.94. The van der Waals surface area contributed by atoms with Gasteiger partial charge in [0.05, 0.1) is 18.7 Å². The minimum absolute atomic E-state index is 0.103. The molecule has 1 aromatic heterocycles. The summed E-state index contributed by atoms with van der Waals surface area (Å²) in [5.41, 5.74) is 0. The fourth-order valence-electron chi connectivity index (χ4n) is 3.59. The molecular formula is C16H27N5O2. The fourth-order valence-corrected chi connectivity index (χ4v) is 3.59. The molecule has 0 radical (unpaired) electrons. The van der Waals surface area contributed by atoms with Crippen molar-refractivity contribution in [1.82, 2.24) is 25.0 Å². The van der Waals surface area contributed by atoms with E-state index in [1.54, 1.807) is 12.7 Å². The summed E-state index contributed by atoms with van der Waals surface area (Å²) in [5.74, 6) is 0.103. The van der Waals surface area contributed by atoms with Crippen LogP contribution in [0.15, 0.2) is 12.7 Å². The van der Waals surface area contributed by atoms with Crippen LogP contribution < -0.4 is 5.32 Å². The normalized spacial score (nSPS) is 27.0. The van der Waals surface area contributed by atoms with Crippen molar-refractivity contribution in [2.24, 2.45) is 0 Å². The van der Waals surface area contributed by atoms with Crippen molar-refractivity contribution in [3.8, 4) is 0 Å². The standard InChI is InChI=1S/C16H27N5O2/c1-13(16(22)18-9-15-6-4-8-23-15)21-7-3-2-5-14(21)10-20-12-17-11-19-20/h11-15H,2-10H2,1H3,(H,18,22). The van der Waals surface area contributed by atoms with Gasteiger partial charge in [-0.25, -0.2) is 4.98 Å². The van der Waals surface area contributed by atoms with Crippen LogP contribution in [-0.4, -0.2) is 63.5 Å². The summed E-state index contributed by atoms with van der Waals surface area (Å²) in [7, 11) is 0. The lowest BCUT2D eigenvalue weighted by atomic mass is 9.99. The van der Waals surface area contributed by atoms with Crippen molar-refractivity contribution in [3.05, 3.63) is 12.7 Å². The number of carbonyl (C=O) groups is 1. The molecule has 2 fully saturated rings. The highest BCUT2D eigenvalue weighted by Gasteiger charge is 2.31. The van der Waals surface area contributed by atoms with Gasteiger partial charge in [-0.2, -0.15) is 5.10 Å². The predicted molar refractivity (Wildman–Crippen MR) is 85.8 cm³/mol. The Bertz CT molecular complexity index is 487. The summed E-state index contributed by atoms with van der Waals surface area (Å²) in [6.07, 6.45) is 9.11. The molecule has 3 atom stereocenters. The van der Waals surface area contributed by atoms with Gasteiger partial charge in [0.25, 0.3) is 0 Å². The molecule has 3 rings (SSSR count). The molecule has 3 unspecified atom stereocenters. The van der Waals surface area contributed by atoms with E-state index in [0.29, 0.717) is 12.6 Å². The molecule has 3 heterocycles. The average molecular weight is 321 g/mol. The van der Waals surface area contributed by atoms with E-state index in [1.165, 1.54) is 6.42 Å².